The number of hydrogen-bond donors (Lipinski definition) is 3. The molecule has 6 rings (SSSR count). The Morgan fingerprint density at radius 3 is 2.55 bits per heavy atom. The summed E-state index contributed by atoms with van der Waals surface area (Å²) in [6.45, 7) is 2.38. The fraction of sp³-hybridized carbons (Fsp3) is 0.156. The summed E-state index contributed by atoms with van der Waals surface area (Å²) in [6.07, 6.45) is -0.275. The Balaban J connectivity index is 1.42. The number of alkyl halides is 3. The molecule has 0 aliphatic carbocycles. The molecule has 0 radical (unpaired) electrons. The summed E-state index contributed by atoms with van der Waals surface area (Å²) in [4.78, 5) is 39.9. The maximum Gasteiger partial charge on any atom is 0.416 e. The highest BCUT2D eigenvalue weighted by molar-refractivity contribution is 6.07. The van der Waals surface area contributed by atoms with Gasteiger partial charge in [0.25, 0.3) is 5.91 Å². The highest BCUT2D eigenvalue weighted by atomic mass is 19.4. The number of pyridine rings is 1. The van der Waals surface area contributed by atoms with E-state index in [4.69, 9.17) is 5.73 Å². The zero-order valence-electron chi connectivity index (χ0n) is 23.3. The largest absolute Gasteiger partial charge is 0.507 e. The molecule has 5 aromatic rings. The Labute approximate surface area is 249 Å². The van der Waals surface area contributed by atoms with E-state index >= 15 is 0 Å². The first-order valence-electron chi connectivity index (χ1n) is 13.6. The molecule has 0 unspecified atom stereocenters. The van der Waals surface area contributed by atoms with Crippen LogP contribution in [0.4, 0.5) is 30.6 Å². The van der Waals surface area contributed by atoms with Crippen molar-refractivity contribution in [2.75, 3.05) is 22.5 Å². The summed E-state index contributed by atoms with van der Waals surface area (Å²) in [5.41, 5.74) is 7.98. The maximum atomic E-state index is 13.2. The molecule has 222 valence electrons. The number of carbonyl (C=O) groups is 2. The standard InChI is InChI=1S/C32H25F3N6O3/c1-17-7-8-18(30(44)39-22-5-2-4-21(14-22)32(33,34)35)12-23(17)24-13-20-16-38-31(36)40-28(20)27(29(24)43)19-9-10-25(37-15-19)41-11-3-6-26(41)42/h2,4-5,7-10,12-16,43H,3,6,11H2,1H3,(H,39,44)(H2,36,38,40). The Kier molecular flexibility index (Phi) is 7.12. The smallest absolute Gasteiger partial charge is 0.416 e. The molecule has 44 heavy (non-hydrogen) atoms. The van der Waals surface area contributed by atoms with Gasteiger partial charge < -0.3 is 16.2 Å². The number of nitrogens with zero attached hydrogens (tertiary/aromatic N) is 4. The van der Waals surface area contributed by atoms with Gasteiger partial charge in [-0.15, -0.1) is 0 Å². The molecule has 1 aliphatic heterocycles. The van der Waals surface area contributed by atoms with Gasteiger partial charge in [-0.2, -0.15) is 13.2 Å². The highest BCUT2D eigenvalue weighted by Gasteiger charge is 2.30. The van der Waals surface area contributed by atoms with Gasteiger partial charge in [-0.3, -0.25) is 14.5 Å². The lowest BCUT2D eigenvalue weighted by Crippen LogP contribution is -2.24. The lowest BCUT2D eigenvalue weighted by atomic mass is 9.92. The SMILES string of the molecule is Cc1ccc(C(=O)Nc2cccc(C(F)(F)F)c2)cc1-c1cc2cnc(N)nc2c(-c2ccc(N3CCCC3=O)nc2)c1O. The molecule has 0 spiro atoms. The number of aromatic hydroxyl groups is 1. The zero-order valence-corrected chi connectivity index (χ0v) is 23.3. The Bertz CT molecular complexity index is 1940. The van der Waals surface area contributed by atoms with Gasteiger partial charge >= 0.3 is 6.18 Å². The number of amides is 2. The summed E-state index contributed by atoms with van der Waals surface area (Å²) >= 11 is 0. The number of anilines is 3. The Morgan fingerprint density at radius 2 is 1.84 bits per heavy atom. The van der Waals surface area contributed by atoms with Gasteiger partial charge in [-0.05, 0) is 73.0 Å². The first-order chi connectivity index (χ1) is 21.0. The van der Waals surface area contributed by atoms with Crippen LogP contribution in [0.3, 0.4) is 0 Å². The number of halogens is 3. The van der Waals surface area contributed by atoms with Crippen molar-refractivity contribution >= 4 is 40.2 Å². The van der Waals surface area contributed by atoms with Crippen molar-refractivity contribution in [1.82, 2.24) is 15.0 Å². The van der Waals surface area contributed by atoms with Crippen molar-refractivity contribution < 1.29 is 27.9 Å². The average Bonchev–Trinajstić information content (AvgIpc) is 3.43. The van der Waals surface area contributed by atoms with E-state index in [-0.39, 0.29) is 28.9 Å². The number of hydrogen-bond acceptors (Lipinski definition) is 7. The van der Waals surface area contributed by atoms with Crippen LogP contribution in [0.25, 0.3) is 33.2 Å². The molecule has 2 amide bonds. The van der Waals surface area contributed by atoms with Crippen LogP contribution in [0, 0.1) is 6.92 Å². The zero-order chi connectivity index (χ0) is 31.2. The summed E-state index contributed by atoms with van der Waals surface area (Å²) < 4.78 is 39.5. The van der Waals surface area contributed by atoms with E-state index in [9.17, 15) is 27.9 Å². The molecule has 1 aliphatic rings. The topological polar surface area (TPSA) is 134 Å². The van der Waals surface area contributed by atoms with Crippen LogP contribution in [0.1, 0.15) is 34.3 Å². The Hall–Kier alpha value is -5.52. The number of aromatic nitrogens is 3. The summed E-state index contributed by atoms with van der Waals surface area (Å²) in [6, 6.07) is 14.3. The van der Waals surface area contributed by atoms with Gasteiger partial charge in [-0.25, -0.2) is 15.0 Å². The van der Waals surface area contributed by atoms with Crippen LogP contribution in [-0.2, 0) is 11.0 Å². The second-order valence-corrected chi connectivity index (χ2v) is 10.4. The number of nitrogens with two attached hydrogens (primary N) is 1. The van der Waals surface area contributed by atoms with E-state index in [1.54, 1.807) is 54.4 Å². The monoisotopic (exact) mass is 598 g/mol. The number of aryl methyl sites for hydroxylation is 1. The summed E-state index contributed by atoms with van der Waals surface area (Å²) in [7, 11) is 0. The van der Waals surface area contributed by atoms with Gasteiger partial charge in [0.2, 0.25) is 11.9 Å². The van der Waals surface area contributed by atoms with Crippen LogP contribution in [-0.4, -0.2) is 38.4 Å². The average molecular weight is 599 g/mol. The number of phenolic OH excluding ortho intramolecular Hbond substituents is 1. The second-order valence-electron chi connectivity index (χ2n) is 10.4. The van der Waals surface area contributed by atoms with Gasteiger partial charge in [0.1, 0.15) is 11.6 Å². The molecule has 3 aromatic carbocycles. The van der Waals surface area contributed by atoms with Crippen LogP contribution in [0.5, 0.6) is 5.75 Å². The van der Waals surface area contributed by atoms with E-state index in [1.807, 2.05) is 0 Å². The quantitative estimate of drug-likeness (QED) is 0.215. The molecule has 0 atom stereocenters. The van der Waals surface area contributed by atoms with Crippen LogP contribution in [0.2, 0.25) is 0 Å². The van der Waals surface area contributed by atoms with E-state index in [0.29, 0.717) is 51.9 Å². The van der Waals surface area contributed by atoms with Crippen molar-refractivity contribution in [2.24, 2.45) is 0 Å². The highest BCUT2D eigenvalue weighted by Crippen LogP contribution is 2.44. The van der Waals surface area contributed by atoms with Crippen molar-refractivity contribution in [3.63, 3.8) is 0 Å². The normalized spacial score (nSPS) is 13.5. The molecule has 12 heteroatoms. The molecular weight excluding hydrogens is 573 g/mol. The maximum absolute atomic E-state index is 13.2. The van der Waals surface area contributed by atoms with Gasteiger partial charge in [0, 0.05) is 53.1 Å². The van der Waals surface area contributed by atoms with E-state index in [1.165, 1.54) is 18.3 Å². The predicted molar refractivity (Wildman–Crippen MR) is 160 cm³/mol. The van der Waals surface area contributed by atoms with Crippen molar-refractivity contribution in [2.45, 2.75) is 25.9 Å². The van der Waals surface area contributed by atoms with Crippen molar-refractivity contribution in [3.05, 3.63) is 89.7 Å². The molecule has 0 bridgehead atoms. The van der Waals surface area contributed by atoms with E-state index in [0.717, 1.165) is 24.1 Å². The molecule has 1 saturated heterocycles. The van der Waals surface area contributed by atoms with Crippen LogP contribution >= 0.6 is 0 Å². The van der Waals surface area contributed by atoms with Crippen LogP contribution < -0.4 is 16.0 Å². The lowest BCUT2D eigenvalue weighted by Gasteiger charge is -2.17. The number of benzene rings is 3. The van der Waals surface area contributed by atoms with Crippen molar-refractivity contribution in [1.29, 1.82) is 0 Å². The van der Waals surface area contributed by atoms with Gasteiger partial charge in [0.05, 0.1) is 16.6 Å². The molecule has 3 heterocycles. The minimum absolute atomic E-state index is 0.00239. The molecule has 9 nitrogen and oxygen atoms in total. The number of nitrogens with one attached hydrogen (secondary N) is 1. The van der Waals surface area contributed by atoms with Crippen molar-refractivity contribution in [3.8, 4) is 28.0 Å². The number of phenols is 1. The van der Waals surface area contributed by atoms with Crippen LogP contribution in [0.15, 0.2) is 73.1 Å². The number of fused-ring (bicyclic) bond motifs is 1. The predicted octanol–water partition coefficient (Wildman–Crippen LogP) is 6.35. The Morgan fingerprint density at radius 1 is 1.02 bits per heavy atom. The molecule has 1 fully saturated rings. The molecule has 4 N–H and O–H groups in total. The van der Waals surface area contributed by atoms with E-state index in [2.05, 4.69) is 20.3 Å². The summed E-state index contributed by atoms with van der Waals surface area (Å²) in [5.74, 6) is -0.281. The van der Waals surface area contributed by atoms with E-state index < -0.39 is 17.6 Å². The third-order valence-corrected chi connectivity index (χ3v) is 7.49. The fourth-order valence-electron chi connectivity index (χ4n) is 5.27. The first-order valence-corrected chi connectivity index (χ1v) is 13.6. The second kappa shape index (κ2) is 11.0. The number of rotatable bonds is 5. The minimum Gasteiger partial charge on any atom is -0.507 e. The third kappa shape index (κ3) is 5.37. The number of nitrogen functional groups attached to an aromatic ring is 1. The molecule has 2 aromatic heterocycles. The number of carbonyl (C=O) groups excluding carboxylic acids is 2. The van der Waals surface area contributed by atoms with Gasteiger partial charge in [0.15, 0.2) is 0 Å². The lowest BCUT2D eigenvalue weighted by molar-refractivity contribution is -0.137. The first kappa shape index (κ1) is 28.6. The fourth-order valence-corrected chi connectivity index (χ4v) is 5.27. The van der Waals surface area contributed by atoms with Gasteiger partial charge in [-0.1, -0.05) is 12.1 Å². The summed E-state index contributed by atoms with van der Waals surface area (Å²) in [5, 5.41) is 14.8. The molecular formula is C32H25F3N6O3. The third-order valence-electron chi connectivity index (χ3n) is 7.49. The minimum atomic E-state index is -4.56. The molecule has 0 saturated carbocycles.